The van der Waals surface area contributed by atoms with Crippen LogP contribution in [0.3, 0.4) is 0 Å². The molecule has 0 spiro atoms. The van der Waals surface area contributed by atoms with Crippen molar-refractivity contribution >= 4 is 12.1 Å². The zero-order valence-electron chi connectivity index (χ0n) is 16.6. The summed E-state index contributed by atoms with van der Waals surface area (Å²) in [5, 5.41) is 12.0. The summed E-state index contributed by atoms with van der Waals surface area (Å²) >= 11 is 0. The largest absolute Gasteiger partial charge is 0.480 e. The Labute approximate surface area is 174 Å². The molecule has 0 radical (unpaired) electrons. The molecule has 2 N–H and O–H groups in total. The van der Waals surface area contributed by atoms with E-state index in [0.29, 0.717) is 6.54 Å². The number of carboxylic acids is 1. The lowest BCUT2D eigenvalue weighted by Gasteiger charge is -2.18. The number of carboxylic acid groups (broad SMARTS) is 1. The van der Waals surface area contributed by atoms with Gasteiger partial charge < -0.3 is 19.7 Å². The number of fused-ring (bicyclic) bond motifs is 3. The van der Waals surface area contributed by atoms with Gasteiger partial charge in [-0.15, -0.1) is 0 Å². The van der Waals surface area contributed by atoms with Crippen molar-refractivity contribution in [3.63, 3.8) is 0 Å². The first kappa shape index (κ1) is 19.7. The van der Waals surface area contributed by atoms with E-state index < -0.39 is 18.1 Å². The van der Waals surface area contributed by atoms with E-state index in [9.17, 15) is 14.7 Å². The third-order valence-corrected chi connectivity index (χ3v) is 5.49. The number of carbonyl (C=O) groups is 2. The van der Waals surface area contributed by atoms with Gasteiger partial charge in [-0.1, -0.05) is 48.5 Å². The van der Waals surface area contributed by atoms with Gasteiger partial charge in [-0.2, -0.15) is 0 Å². The van der Waals surface area contributed by atoms with E-state index in [-0.39, 0.29) is 18.9 Å². The molecule has 1 atom stereocenters. The predicted molar refractivity (Wildman–Crippen MR) is 111 cm³/mol. The summed E-state index contributed by atoms with van der Waals surface area (Å²) in [6.45, 7) is 2.76. The second-order valence-corrected chi connectivity index (χ2v) is 7.24. The smallest absolute Gasteiger partial charge is 0.407 e. The minimum absolute atomic E-state index is 0.0760. The minimum atomic E-state index is -1.12. The number of nitrogens with one attached hydrogen (secondary N) is 1. The highest BCUT2D eigenvalue weighted by molar-refractivity contribution is 5.81. The normalized spacial score (nSPS) is 13.4. The molecular formula is C23H23N3O4. The lowest BCUT2D eigenvalue weighted by atomic mass is 9.98. The van der Waals surface area contributed by atoms with E-state index in [1.54, 1.807) is 12.5 Å². The Bertz CT molecular complexity index is 1030. The molecule has 1 aliphatic carbocycles. The first-order chi connectivity index (χ1) is 14.6. The maximum absolute atomic E-state index is 12.4. The number of aryl methyl sites for hydroxylation is 1. The van der Waals surface area contributed by atoms with Gasteiger partial charge >= 0.3 is 12.1 Å². The van der Waals surface area contributed by atoms with Crippen LogP contribution in [-0.4, -0.2) is 39.4 Å². The van der Waals surface area contributed by atoms with Gasteiger partial charge in [0.25, 0.3) is 0 Å². The standard InChI is InChI=1S/C23H23N3O4/c1-2-26-14-24-12-15(26)11-21(22(27)28)25-23(29)30-13-20-18-9-5-3-7-16(18)17-8-4-6-10-19(17)20/h3-10,12,14,20-21H,2,11,13H2,1H3,(H,25,29)(H,27,28)/t21-/m0/s1. The van der Waals surface area contributed by atoms with Gasteiger partial charge in [-0.25, -0.2) is 14.6 Å². The molecular weight excluding hydrogens is 382 g/mol. The number of nitrogens with zero attached hydrogens (tertiary/aromatic N) is 2. The molecule has 0 saturated carbocycles. The molecule has 1 aliphatic rings. The van der Waals surface area contributed by atoms with Gasteiger partial charge in [-0.05, 0) is 29.2 Å². The highest BCUT2D eigenvalue weighted by Crippen LogP contribution is 2.44. The predicted octanol–water partition coefficient (Wildman–Crippen LogP) is 3.44. The number of benzene rings is 2. The molecule has 0 unspecified atom stereocenters. The fraction of sp³-hybridized carbons (Fsp3) is 0.261. The third kappa shape index (κ3) is 3.78. The molecule has 4 rings (SSSR count). The molecule has 1 amide bonds. The van der Waals surface area contributed by atoms with Crippen molar-refractivity contribution in [3.05, 3.63) is 77.9 Å². The third-order valence-electron chi connectivity index (χ3n) is 5.49. The Morgan fingerprint density at radius 1 is 1.13 bits per heavy atom. The zero-order chi connectivity index (χ0) is 21.1. The quantitative estimate of drug-likeness (QED) is 0.628. The van der Waals surface area contributed by atoms with Crippen molar-refractivity contribution in [1.29, 1.82) is 0 Å². The van der Waals surface area contributed by atoms with E-state index in [1.165, 1.54) is 0 Å². The Balaban J connectivity index is 1.43. The molecule has 1 heterocycles. The van der Waals surface area contributed by atoms with Crippen LogP contribution in [0.25, 0.3) is 11.1 Å². The van der Waals surface area contributed by atoms with Gasteiger partial charge in [0.05, 0.1) is 6.33 Å². The molecule has 2 aromatic carbocycles. The van der Waals surface area contributed by atoms with Crippen molar-refractivity contribution in [2.24, 2.45) is 0 Å². The van der Waals surface area contributed by atoms with Crippen LogP contribution in [0.4, 0.5) is 4.79 Å². The fourth-order valence-corrected chi connectivity index (χ4v) is 3.99. The number of hydrogen-bond acceptors (Lipinski definition) is 4. The Morgan fingerprint density at radius 3 is 2.37 bits per heavy atom. The van der Waals surface area contributed by atoms with Crippen molar-refractivity contribution < 1.29 is 19.4 Å². The monoisotopic (exact) mass is 405 g/mol. The van der Waals surface area contributed by atoms with Crippen LogP contribution in [0.1, 0.15) is 29.7 Å². The lowest BCUT2D eigenvalue weighted by Crippen LogP contribution is -2.43. The second-order valence-electron chi connectivity index (χ2n) is 7.24. The zero-order valence-corrected chi connectivity index (χ0v) is 16.6. The minimum Gasteiger partial charge on any atom is -0.480 e. The number of rotatable bonds is 7. The maximum Gasteiger partial charge on any atom is 0.407 e. The molecule has 0 fully saturated rings. The number of hydrogen-bond donors (Lipinski definition) is 2. The van der Waals surface area contributed by atoms with Gasteiger partial charge in [0.15, 0.2) is 0 Å². The molecule has 7 nitrogen and oxygen atoms in total. The maximum atomic E-state index is 12.4. The molecule has 0 saturated heterocycles. The fourth-order valence-electron chi connectivity index (χ4n) is 3.99. The first-order valence-electron chi connectivity index (χ1n) is 9.91. The van der Waals surface area contributed by atoms with Crippen LogP contribution in [0, 0.1) is 0 Å². The van der Waals surface area contributed by atoms with Crippen LogP contribution in [0.15, 0.2) is 61.1 Å². The van der Waals surface area contributed by atoms with Crippen LogP contribution in [-0.2, 0) is 22.5 Å². The number of aromatic nitrogens is 2. The summed E-state index contributed by atoms with van der Waals surface area (Å²) in [7, 11) is 0. The Hall–Kier alpha value is -3.61. The molecule has 7 heteroatoms. The molecule has 154 valence electrons. The molecule has 0 aliphatic heterocycles. The molecule has 3 aromatic rings. The number of imidazole rings is 1. The van der Waals surface area contributed by atoms with Crippen molar-refractivity contribution in [1.82, 2.24) is 14.9 Å². The summed E-state index contributed by atoms with van der Waals surface area (Å²) in [6.07, 6.45) is 2.64. The lowest BCUT2D eigenvalue weighted by molar-refractivity contribution is -0.139. The summed E-state index contributed by atoms with van der Waals surface area (Å²) in [5.41, 5.74) is 5.22. The van der Waals surface area contributed by atoms with Gasteiger partial charge in [0.2, 0.25) is 0 Å². The van der Waals surface area contributed by atoms with Gasteiger partial charge in [0, 0.05) is 30.8 Å². The van der Waals surface area contributed by atoms with Crippen LogP contribution >= 0.6 is 0 Å². The molecule has 1 aromatic heterocycles. The van der Waals surface area contributed by atoms with E-state index in [2.05, 4.69) is 22.4 Å². The SMILES string of the molecule is CCn1cncc1C[C@H](NC(=O)OCC1c2ccccc2-c2ccccc21)C(=O)O. The summed E-state index contributed by atoms with van der Waals surface area (Å²) in [6, 6.07) is 15.0. The highest BCUT2D eigenvalue weighted by Gasteiger charge is 2.30. The molecule has 0 bridgehead atoms. The topological polar surface area (TPSA) is 93.5 Å². The second kappa shape index (κ2) is 8.41. The number of carbonyl (C=O) groups excluding carboxylic acids is 1. The van der Waals surface area contributed by atoms with Crippen LogP contribution in [0.5, 0.6) is 0 Å². The summed E-state index contributed by atoms with van der Waals surface area (Å²) in [5.74, 6) is -1.19. The van der Waals surface area contributed by atoms with Crippen molar-refractivity contribution in [3.8, 4) is 11.1 Å². The first-order valence-corrected chi connectivity index (χ1v) is 9.91. The number of aliphatic carboxylic acids is 1. The summed E-state index contributed by atoms with van der Waals surface area (Å²) < 4.78 is 7.30. The average molecular weight is 405 g/mol. The highest BCUT2D eigenvalue weighted by atomic mass is 16.5. The van der Waals surface area contributed by atoms with Crippen molar-refractivity contribution in [2.45, 2.75) is 31.8 Å². The average Bonchev–Trinajstić information content (AvgIpc) is 3.33. The van der Waals surface area contributed by atoms with E-state index in [1.807, 2.05) is 47.9 Å². The van der Waals surface area contributed by atoms with E-state index in [0.717, 1.165) is 27.9 Å². The van der Waals surface area contributed by atoms with Crippen molar-refractivity contribution in [2.75, 3.05) is 6.61 Å². The summed E-state index contributed by atoms with van der Waals surface area (Å²) in [4.78, 5) is 28.1. The Kier molecular flexibility index (Phi) is 5.52. The van der Waals surface area contributed by atoms with Gasteiger partial charge in [-0.3, -0.25) is 0 Å². The molecule has 30 heavy (non-hydrogen) atoms. The number of ether oxygens (including phenoxy) is 1. The number of amides is 1. The van der Waals surface area contributed by atoms with E-state index in [4.69, 9.17) is 4.74 Å². The van der Waals surface area contributed by atoms with Gasteiger partial charge in [0.1, 0.15) is 12.6 Å². The number of alkyl carbamates (subject to hydrolysis) is 1. The Morgan fingerprint density at radius 2 is 1.77 bits per heavy atom. The van der Waals surface area contributed by atoms with Crippen LogP contribution < -0.4 is 5.32 Å². The van der Waals surface area contributed by atoms with Crippen LogP contribution in [0.2, 0.25) is 0 Å². The van der Waals surface area contributed by atoms with E-state index >= 15 is 0 Å².